The molecule has 10 nitrogen and oxygen atoms in total. The first-order valence-corrected chi connectivity index (χ1v) is 10.3. The third-order valence-corrected chi connectivity index (χ3v) is 4.82. The quantitative estimate of drug-likeness (QED) is 0.520. The third-order valence-electron chi connectivity index (χ3n) is 4.82. The number of amides is 5. The van der Waals surface area contributed by atoms with Gasteiger partial charge in [-0.3, -0.25) is 28.9 Å². The fraction of sp³-hybridized carbons (Fsp3) is 0.619. The van der Waals surface area contributed by atoms with E-state index in [9.17, 15) is 28.8 Å². The number of carbonyl (C=O) groups is 6. The van der Waals surface area contributed by atoms with Crippen molar-refractivity contribution in [1.82, 2.24) is 14.9 Å². The lowest BCUT2D eigenvalue weighted by Crippen LogP contribution is -2.36. The minimum atomic E-state index is -0.566. The number of hydrogen-bond donors (Lipinski definition) is 0. The van der Waals surface area contributed by atoms with Crippen molar-refractivity contribution in [3.63, 3.8) is 0 Å². The summed E-state index contributed by atoms with van der Waals surface area (Å²) in [7, 11) is 1.75. The van der Waals surface area contributed by atoms with Crippen LogP contribution in [0.15, 0.2) is 12.2 Å². The van der Waals surface area contributed by atoms with Gasteiger partial charge in [-0.1, -0.05) is 34.1 Å². The molecule has 0 bridgehead atoms. The molecule has 0 spiro atoms. The Bertz CT molecular complexity index is 726. The monoisotopic (exact) mass is 437 g/mol. The Morgan fingerprint density at radius 3 is 2.00 bits per heavy atom. The van der Waals surface area contributed by atoms with Crippen LogP contribution in [-0.2, 0) is 33.6 Å². The van der Waals surface area contributed by atoms with Crippen molar-refractivity contribution in [2.24, 2.45) is 11.8 Å². The van der Waals surface area contributed by atoms with Gasteiger partial charge in [-0.05, 0) is 5.92 Å². The molecule has 0 aromatic carbocycles. The highest BCUT2D eigenvalue weighted by Crippen LogP contribution is 2.13. The molecule has 2 aliphatic rings. The van der Waals surface area contributed by atoms with Gasteiger partial charge >= 0.3 is 5.97 Å². The van der Waals surface area contributed by atoms with Gasteiger partial charge in [0.15, 0.2) is 0 Å². The molecule has 10 heteroatoms. The summed E-state index contributed by atoms with van der Waals surface area (Å²) in [5.74, 6) is -2.06. The molecule has 0 N–H and O–H groups in total. The van der Waals surface area contributed by atoms with Crippen LogP contribution in [0.2, 0.25) is 0 Å². The van der Waals surface area contributed by atoms with Gasteiger partial charge in [0, 0.05) is 51.6 Å². The van der Waals surface area contributed by atoms with E-state index in [0.717, 1.165) is 11.3 Å². The highest BCUT2D eigenvalue weighted by Gasteiger charge is 2.33. The van der Waals surface area contributed by atoms with Crippen LogP contribution in [0.25, 0.3) is 0 Å². The van der Waals surface area contributed by atoms with Crippen LogP contribution in [-0.4, -0.2) is 70.5 Å². The van der Waals surface area contributed by atoms with E-state index in [1.54, 1.807) is 25.8 Å². The molecule has 1 fully saturated rings. The molecule has 0 aliphatic carbocycles. The maximum atomic E-state index is 11.8. The Balaban J connectivity index is 0.000000327. The number of nitrogens with zero attached hydrogens (tertiary/aromatic N) is 3. The van der Waals surface area contributed by atoms with Gasteiger partial charge in [-0.15, -0.1) is 5.06 Å². The molecule has 0 aromatic rings. The zero-order valence-electron chi connectivity index (χ0n) is 18.8. The normalized spacial score (nSPS) is 16.6. The summed E-state index contributed by atoms with van der Waals surface area (Å²) in [6.45, 7) is 8.29. The SMILES string of the molecule is CC(C)C(=O)ON1C(=O)CCC1=O.CCC(C)CN(C)C(=O)CCN1C(=O)C=CC1=O. The Morgan fingerprint density at radius 2 is 1.55 bits per heavy atom. The molecule has 0 radical (unpaired) electrons. The van der Waals surface area contributed by atoms with Crippen molar-refractivity contribution in [3.05, 3.63) is 12.2 Å². The first-order valence-electron chi connectivity index (χ1n) is 10.3. The topological polar surface area (TPSA) is 121 Å². The highest BCUT2D eigenvalue weighted by atomic mass is 16.7. The number of carbonyl (C=O) groups excluding carboxylic acids is 6. The smallest absolute Gasteiger partial charge is 0.335 e. The maximum Gasteiger partial charge on any atom is 0.335 e. The average molecular weight is 437 g/mol. The van der Waals surface area contributed by atoms with Gasteiger partial charge in [0.05, 0.1) is 5.92 Å². The fourth-order valence-corrected chi connectivity index (χ4v) is 2.60. The molecule has 1 unspecified atom stereocenters. The molecule has 2 rings (SSSR count). The van der Waals surface area contributed by atoms with Crippen LogP contribution in [0.4, 0.5) is 0 Å². The summed E-state index contributed by atoms with van der Waals surface area (Å²) in [5, 5.41) is 0.558. The third kappa shape index (κ3) is 7.95. The van der Waals surface area contributed by atoms with Crippen molar-refractivity contribution < 1.29 is 33.6 Å². The molecular weight excluding hydrogens is 406 g/mol. The maximum absolute atomic E-state index is 11.8. The van der Waals surface area contributed by atoms with Crippen LogP contribution in [0.5, 0.6) is 0 Å². The number of imide groups is 2. The number of rotatable bonds is 8. The predicted octanol–water partition coefficient (Wildman–Crippen LogP) is 1.06. The summed E-state index contributed by atoms with van der Waals surface area (Å²) in [6, 6.07) is 0. The van der Waals surface area contributed by atoms with E-state index in [1.807, 2.05) is 0 Å². The summed E-state index contributed by atoms with van der Waals surface area (Å²) < 4.78 is 0. The standard InChI is InChI=1S/C13H20N2O3.C8H11NO4/c1-4-10(2)9-14(3)11(16)7-8-15-12(17)5-6-13(15)18;1-5(2)8(12)13-9-6(10)3-4-7(9)11/h5-6,10H,4,7-9H2,1-3H3;5H,3-4H2,1-2H3. The molecule has 2 aliphatic heterocycles. The van der Waals surface area contributed by atoms with Gasteiger partial charge in [-0.25, -0.2) is 4.79 Å². The zero-order chi connectivity index (χ0) is 23.7. The Hall–Kier alpha value is -3.04. The van der Waals surface area contributed by atoms with Gasteiger partial charge in [0.25, 0.3) is 23.6 Å². The van der Waals surface area contributed by atoms with Gasteiger partial charge in [0.1, 0.15) is 0 Å². The summed E-state index contributed by atoms with van der Waals surface area (Å²) in [5.41, 5.74) is 0. The Labute approximate surface area is 182 Å². The van der Waals surface area contributed by atoms with Crippen LogP contribution >= 0.6 is 0 Å². The molecular formula is C21H31N3O7. The molecule has 172 valence electrons. The largest absolute Gasteiger partial charge is 0.345 e. The van der Waals surface area contributed by atoms with E-state index < -0.39 is 17.8 Å². The Kier molecular flexibility index (Phi) is 10.0. The minimum Gasteiger partial charge on any atom is -0.345 e. The summed E-state index contributed by atoms with van der Waals surface area (Å²) in [4.78, 5) is 74.7. The predicted molar refractivity (Wildman–Crippen MR) is 110 cm³/mol. The Morgan fingerprint density at radius 1 is 1.03 bits per heavy atom. The van der Waals surface area contributed by atoms with Gasteiger partial charge < -0.3 is 9.74 Å². The van der Waals surface area contributed by atoms with Crippen LogP contribution in [0, 0.1) is 11.8 Å². The number of hydroxylamine groups is 2. The lowest BCUT2D eigenvalue weighted by molar-refractivity contribution is -0.199. The second kappa shape index (κ2) is 12.0. The summed E-state index contributed by atoms with van der Waals surface area (Å²) >= 11 is 0. The van der Waals surface area contributed by atoms with E-state index in [-0.39, 0.29) is 49.4 Å². The lowest BCUT2D eigenvalue weighted by atomic mass is 10.1. The minimum absolute atomic E-state index is 0.0391. The molecule has 1 saturated heterocycles. The molecule has 0 aromatic heterocycles. The highest BCUT2D eigenvalue weighted by molar-refractivity contribution is 6.13. The lowest BCUT2D eigenvalue weighted by Gasteiger charge is -2.22. The van der Waals surface area contributed by atoms with E-state index in [1.165, 1.54) is 12.2 Å². The van der Waals surface area contributed by atoms with Crippen molar-refractivity contribution >= 4 is 35.5 Å². The van der Waals surface area contributed by atoms with Crippen LogP contribution in [0.3, 0.4) is 0 Å². The first kappa shape index (κ1) is 26.0. The second-order valence-corrected chi connectivity index (χ2v) is 7.85. The molecule has 5 amide bonds. The molecule has 0 saturated carbocycles. The van der Waals surface area contributed by atoms with Gasteiger partial charge in [0.2, 0.25) is 5.91 Å². The van der Waals surface area contributed by atoms with Crippen molar-refractivity contribution in [3.8, 4) is 0 Å². The first-order chi connectivity index (χ1) is 14.5. The van der Waals surface area contributed by atoms with E-state index >= 15 is 0 Å². The van der Waals surface area contributed by atoms with E-state index in [0.29, 0.717) is 17.5 Å². The molecule has 31 heavy (non-hydrogen) atoms. The van der Waals surface area contributed by atoms with Crippen molar-refractivity contribution in [2.45, 2.75) is 53.4 Å². The van der Waals surface area contributed by atoms with Crippen molar-refractivity contribution in [2.75, 3.05) is 20.1 Å². The van der Waals surface area contributed by atoms with Crippen molar-refractivity contribution in [1.29, 1.82) is 0 Å². The van der Waals surface area contributed by atoms with Gasteiger partial charge in [-0.2, -0.15) is 0 Å². The molecule has 2 heterocycles. The van der Waals surface area contributed by atoms with E-state index in [2.05, 4.69) is 18.7 Å². The number of hydrogen-bond acceptors (Lipinski definition) is 7. The summed E-state index contributed by atoms with van der Waals surface area (Å²) in [6.07, 6.45) is 3.93. The average Bonchev–Trinajstić information content (AvgIpc) is 3.21. The van der Waals surface area contributed by atoms with Crippen LogP contribution < -0.4 is 0 Å². The zero-order valence-corrected chi connectivity index (χ0v) is 18.8. The van der Waals surface area contributed by atoms with E-state index in [4.69, 9.17) is 0 Å². The second-order valence-electron chi connectivity index (χ2n) is 7.85. The fourth-order valence-electron chi connectivity index (χ4n) is 2.60. The van der Waals surface area contributed by atoms with Crippen LogP contribution in [0.1, 0.15) is 53.4 Å². The molecule has 1 atom stereocenters.